The molecular formula is C22H19N3O3S2. The molecule has 30 heavy (non-hydrogen) atoms. The van der Waals surface area contributed by atoms with Gasteiger partial charge in [-0.3, -0.25) is 24.2 Å². The van der Waals surface area contributed by atoms with Crippen molar-refractivity contribution in [2.75, 3.05) is 23.3 Å². The van der Waals surface area contributed by atoms with Crippen molar-refractivity contribution >= 4 is 63.0 Å². The average molecular weight is 438 g/mol. The topological polar surface area (TPSA) is 69.7 Å². The smallest absolute Gasteiger partial charge is 0.266 e. The third kappa shape index (κ3) is 3.42. The standard InChI is InChI=1S/C22H19N3O3S2/c1-3-24-21(28)19(30-22(24)29)18-14-9-5-7-11-16(14)25(20(18)27)12-17(26)23-15-10-6-4-8-13(15)2/h4-11H,3,12H2,1-2H3,(H,23,26)/b19-18+. The first-order valence-corrected chi connectivity index (χ1v) is 10.7. The lowest BCUT2D eigenvalue weighted by Crippen LogP contribution is -2.35. The minimum atomic E-state index is -0.368. The van der Waals surface area contributed by atoms with Crippen molar-refractivity contribution < 1.29 is 14.4 Å². The molecule has 8 heteroatoms. The number of fused-ring (bicyclic) bond motifs is 1. The third-order valence-corrected chi connectivity index (χ3v) is 6.48. The van der Waals surface area contributed by atoms with E-state index in [1.54, 1.807) is 18.2 Å². The van der Waals surface area contributed by atoms with Crippen LogP contribution in [0.25, 0.3) is 5.57 Å². The fraction of sp³-hybridized carbons (Fsp3) is 0.182. The number of likely N-dealkylation sites (N-methyl/N-ethyl adjacent to an activating group) is 1. The van der Waals surface area contributed by atoms with Crippen LogP contribution in [0, 0.1) is 6.92 Å². The van der Waals surface area contributed by atoms with Crippen LogP contribution < -0.4 is 10.2 Å². The van der Waals surface area contributed by atoms with Gasteiger partial charge < -0.3 is 5.32 Å². The number of hydrogen-bond donors (Lipinski definition) is 1. The predicted molar refractivity (Wildman–Crippen MR) is 123 cm³/mol. The molecule has 0 aromatic heterocycles. The molecule has 2 aromatic carbocycles. The third-order valence-electron chi connectivity index (χ3n) is 5.04. The van der Waals surface area contributed by atoms with E-state index in [9.17, 15) is 14.4 Å². The number of carbonyl (C=O) groups is 3. The van der Waals surface area contributed by atoms with E-state index in [1.807, 2.05) is 44.2 Å². The molecule has 0 bridgehead atoms. The average Bonchev–Trinajstić information content (AvgIpc) is 3.16. The fourth-order valence-electron chi connectivity index (χ4n) is 3.53. The number of amides is 3. The quantitative estimate of drug-likeness (QED) is 0.585. The van der Waals surface area contributed by atoms with Crippen LogP contribution in [-0.2, 0) is 14.4 Å². The number of nitrogens with zero attached hydrogens (tertiary/aromatic N) is 2. The van der Waals surface area contributed by atoms with Crippen molar-refractivity contribution in [3.05, 3.63) is 64.6 Å². The summed E-state index contributed by atoms with van der Waals surface area (Å²) in [7, 11) is 0. The van der Waals surface area contributed by atoms with Gasteiger partial charge >= 0.3 is 0 Å². The zero-order chi connectivity index (χ0) is 21.4. The number of carbonyl (C=O) groups excluding carboxylic acids is 3. The first-order chi connectivity index (χ1) is 14.4. The van der Waals surface area contributed by atoms with Crippen LogP contribution in [0.1, 0.15) is 18.1 Å². The molecule has 6 nitrogen and oxygen atoms in total. The van der Waals surface area contributed by atoms with Crippen molar-refractivity contribution in [1.29, 1.82) is 0 Å². The number of para-hydroxylation sites is 2. The number of thioether (sulfide) groups is 1. The number of benzene rings is 2. The second-order valence-electron chi connectivity index (χ2n) is 6.89. The Morgan fingerprint density at radius 2 is 1.73 bits per heavy atom. The van der Waals surface area contributed by atoms with Gasteiger partial charge in [-0.25, -0.2) is 0 Å². The van der Waals surface area contributed by atoms with Crippen molar-refractivity contribution in [2.45, 2.75) is 13.8 Å². The molecule has 3 amide bonds. The van der Waals surface area contributed by atoms with Crippen LogP contribution in [0.4, 0.5) is 11.4 Å². The molecule has 0 radical (unpaired) electrons. The summed E-state index contributed by atoms with van der Waals surface area (Å²) in [5.41, 5.74) is 3.19. The highest BCUT2D eigenvalue weighted by Gasteiger charge is 2.41. The Bertz CT molecular complexity index is 1130. The molecule has 4 rings (SSSR count). The summed E-state index contributed by atoms with van der Waals surface area (Å²) in [6.07, 6.45) is 0. The van der Waals surface area contributed by atoms with Crippen LogP contribution in [0.5, 0.6) is 0 Å². The molecule has 0 saturated carbocycles. The Hall–Kier alpha value is -2.97. The molecule has 2 heterocycles. The van der Waals surface area contributed by atoms with E-state index >= 15 is 0 Å². The molecule has 2 aliphatic rings. The number of aryl methyl sites for hydroxylation is 1. The highest BCUT2D eigenvalue weighted by atomic mass is 32.2. The van der Waals surface area contributed by atoms with E-state index in [2.05, 4.69) is 5.32 Å². The number of hydrogen-bond acceptors (Lipinski definition) is 5. The van der Waals surface area contributed by atoms with Crippen LogP contribution >= 0.6 is 24.0 Å². The lowest BCUT2D eigenvalue weighted by Gasteiger charge is -2.17. The molecular weight excluding hydrogens is 418 g/mol. The highest BCUT2D eigenvalue weighted by molar-refractivity contribution is 8.26. The maximum Gasteiger partial charge on any atom is 0.266 e. The van der Waals surface area contributed by atoms with Crippen molar-refractivity contribution in [1.82, 2.24) is 4.90 Å². The van der Waals surface area contributed by atoms with Crippen molar-refractivity contribution in [3.63, 3.8) is 0 Å². The summed E-state index contributed by atoms with van der Waals surface area (Å²) in [5, 5.41) is 2.85. The molecule has 0 unspecified atom stereocenters. The zero-order valence-corrected chi connectivity index (χ0v) is 18.1. The van der Waals surface area contributed by atoms with E-state index in [0.29, 0.717) is 38.3 Å². The number of rotatable bonds is 4. The van der Waals surface area contributed by atoms with E-state index in [1.165, 1.54) is 9.80 Å². The summed E-state index contributed by atoms with van der Waals surface area (Å²) in [6, 6.07) is 14.6. The Kier molecular flexibility index (Phi) is 5.44. The van der Waals surface area contributed by atoms with Crippen LogP contribution in [-0.4, -0.2) is 40.0 Å². The maximum absolute atomic E-state index is 13.3. The van der Waals surface area contributed by atoms with E-state index < -0.39 is 0 Å². The molecule has 0 spiro atoms. The first kappa shape index (κ1) is 20.3. The summed E-state index contributed by atoms with van der Waals surface area (Å²) in [4.78, 5) is 42.0. The Balaban J connectivity index is 1.67. The lowest BCUT2D eigenvalue weighted by molar-refractivity contribution is -0.122. The van der Waals surface area contributed by atoms with E-state index in [0.717, 1.165) is 17.3 Å². The van der Waals surface area contributed by atoms with Gasteiger partial charge in [0, 0.05) is 17.8 Å². The van der Waals surface area contributed by atoms with E-state index in [4.69, 9.17) is 12.2 Å². The second kappa shape index (κ2) is 8.04. The van der Waals surface area contributed by atoms with Gasteiger partial charge in [-0.15, -0.1) is 0 Å². The van der Waals surface area contributed by atoms with Gasteiger partial charge in [-0.1, -0.05) is 60.4 Å². The normalized spacial score (nSPS) is 18.3. The van der Waals surface area contributed by atoms with Crippen LogP contribution in [0.15, 0.2) is 53.4 Å². The van der Waals surface area contributed by atoms with Gasteiger partial charge in [0.1, 0.15) is 10.9 Å². The molecule has 0 aliphatic carbocycles. The highest BCUT2D eigenvalue weighted by Crippen LogP contribution is 2.44. The fourth-order valence-corrected chi connectivity index (χ4v) is 4.98. The molecule has 1 N–H and O–H groups in total. The summed E-state index contributed by atoms with van der Waals surface area (Å²) < 4.78 is 0.436. The van der Waals surface area contributed by atoms with Crippen molar-refractivity contribution in [3.8, 4) is 0 Å². The predicted octanol–water partition coefficient (Wildman–Crippen LogP) is 3.57. The largest absolute Gasteiger partial charge is 0.324 e. The summed E-state index contributed by atoms with van der Waals surface area (Å²) >= 11 is 6.43. The van der Waals surface area contributed by atoms with Gasteiger partial charge in [0.2, 0.25) is 5.91 Å². The monoisotopic (exact) mass is 437 g/mol. The van der Waals surface area contributed by atoms with Gasteiger partial charge in [-0.05, 0) is 31.5 Å². The van der Waals surface area contributed by atoms with Crippen LogP contribution in [0.2, 0.25) is 0 Å². The summed E-state index contributed by atoms with van der Waals surface area (Å²) in [5.74, 6) is -0.945. The number of anilines is 2. The first-order valence-electron chi connectivity index (χ1n) is 9.47. The van der Waals surface area contributed by atoms with Crippen LogP contribution in [0.3, 0.4) is 0 Å². The molecule has 0 atom stereocenters. The molecule has 1 saturated heterocycles. The molecule has 152 valence electrons. The maximum atomic E-state index is 13.3. The SMILES string of the molecule is CCN1C(=O)/C(=C2\C(=O)N(CC(=O)Nc3ccccc3C)c3ccccc32)SC1=S. The number of nitrogens with one attached hydrogen (secondary N) is 1. The zero-order valence-electron chi connectivity index (χ0n) is 16.5. The molecule has 2 aliphatic heterocycles. The minimum absolute atomic E-state index is 0.151. The number of thiocarbonyl (C=S) groups is 1. The Labute approximate surface area is 183 Å². The van der Waals surface area contributed by atoms with Crippen molar-refractivity contribution in [2.24, 2.45) is 0 Å². The van der Waals surface area contributed by atoms with Gasteiger partial charge in [0.25, 0.3) is 11.8 Å². The molecule has 1 fully saturated rings. The summed E-state index contributed by atoms with van der Waals surface area (Å²) in [6.45, 7) is 4.03. The molecule has 2 aromatic rings. The lowest BCUT2D eigenvalue weighted by atomic mass is 10.1. The Morgan fingerprint density at radius 1 is 1.03 bits per heavy atom. The van der Waals surface area contributed by atoms with Gasteiger partial charge in [0.05, 0.1) is 16.2 Å². The van der Waals surface area contributed by atoms with Gasteiger partial charge in [-0.2, -0.15) is 0 Å². The van der Waals surface area contributed by atoms with Gasteiger partial charge in [0.15, 0.2) is 0 Å². The Morgan fingerprint density at radius 3 is 2.43 bits per heavy atom. The second-order valence-corrected chi connectivity index (χ2v) is 8.54. The van der Waals surface area contributed by atoms with E-state index in [-0.39, 0.29) is 24.3 Å². The minimum Gasteiger partial charge on any atom is -0.324 e.